The van der Waals surface area contributed by atoms with E-state index in [2.05, 4.69) is 47.0 Å². The molecule has 0 unspecified atom stereocenters. The molecule has 1 aromatic heterocycles. The van der Waals surface area contributed by atoms with Crippen LogP contribution in [0.15, 0.2) is 54.7 Å². The minimum atomic E-state index is -0.272. The van der Waals surface area contributed by atoms with Gasteiger partial charge in [-0.15, -0.1) is 0 Å². The summed E-state index contributed by atoms with van der Waals surface area (Å²) in [5.41, 5.74) is 3.80. The van der Waals surface area contributed by atoms with E-state index in [1.165, 1.54) is 0 Å². The first-order chi connectivity index (χ1) is 15.5. The van der Waals surface area contributed by atoms with Crippen LogP contribution in [0.5, 0.6) is 0 Å². The molecule has 6 heteroatoms. The maximum absolute atomic E-state index is 13.3. The smallest absolute Gasteiger partial charge is 0.255 e. The highest BCUT2D eigenvalue weighted by molar-refractivity contribution is 6.02. The van der Waals surface area contributed by atoms with Gasteiger partial charge in [-0.2, -0.15) is 0 Å². The first-order valence-electron chi connectivity index (χ1n) is 11.5. The van der Waals surface area contributed by atoms with Crippen LogP contribution in [0.3, 0.4) is 0 Å². The molecule has 6 nitrogen and oxygen atoms in total. The van der Waals surface area contributed by atoms with Gasteiger partial charge in [0.05, 0.1) is 6.04 Å². The van der Waals surface area contributed by atoms with Gasteiger partial charge in [-0.3, -0.25) is 9.59 Å². The Balaban J connectivity index is 1.56. The molecule has 1 aliphatic rings. The summed E-state index contributed by atoms with van der Waals surface area (Å²) in [4.78, 5) is 30.1. The molecule has 2 aromatic carbocycles. The largest absolute Gasteiger partial charge is 0.355 e. The lowest BCUT2D eigenvalue weighted by atomic mass is 9.97. The minimum absolute atomic E-state index is 0.0483. The average Bonchev–Trinajstić information content (AvgIpc) is 3.28. The predicted octanol–water partition coefficient (Wildman–Crippen LogP) is 3.57. The number of nitrogens with one attached hydrogen (secondary N) is 1. The molecule has 168 valence electrons. The molecule has 0 aliphatic carbocycles. The normalized spacial score (nSPS) is 15.6. The fourth-order valence-electron chi connectivity index (χ4n) is 4.74. The van der Waals surface area contributed by atoms with Crippen LogP contribution in [0, 0.1) is 0 Å². The molecule has 32 heavy (non-hydrogen) atoms. The Labute approximate surface area is 189 Å². The lowest BCUT2D eigenvalue weighted by molar-refractivity contribution is -0.122. The number of aryl methyl sites for hydroxylation is 1. The van der Waals surface area contributed by atoms with Crippen molar-refractivity contribution in [3.05, 3.63) is 71.4 Å². The van der Waals surface area contributed by atoms with Gasteiger partial charge in [0, 0.05) is 41.8 Å². The molecule has 0 fully saturated rings. The van der Waals surface area contributed by atoms with Gasteiger partial charge in [-0.1, -0.05) is 50.2 Å². The SMILES string of the molecule is CCN(CC)CCCNC(=O)CN1C(=O)c2ccccc2[C@@H]1c1cn(C)c2ccccc12. The quantitative estimate of drug-likeness (QED) is 0.526. The van der Waals surface area contributed by atoms with Crippen molar-refractivity contribution < 1.29 is 9.59 Å². The summed E-state index contributed by atoms with van der Waals surface area (Å²) in [7, 11) is 2.02. The third-order valence-corrected chi connectivity index (χ3v) is 6.46. The summed E-state index contributed by atoms with van der Waals surface area (Å²) in [6.07, 6.45) is 2.98. The van der Waals surface area contributed by atoms with Crippen LogP contribution in [0.4, 0.5) is 0 Å². The number of hydrogen-bond acceptors (Lipinski definition) is 3. The zero-order valence-electron chi connectivity index (χ0n) is 19.2. The van der Waals surface area contributed by atoms with Crippen molar-refractivity contribution in [2.75, 3.05) is 32.7 Å². The van der Waals surface area contributed by atoms with Crippen molar-refractivity contribution in [3.63, 3.8) is 0 Å². The van der Waals surface area contributed by atoms with Crippen LogP contribution in [-0.4, -0.2) is 58.9 Å². The predicted molar refractivity (Wildman–Crippen MR) is 128 cm³/mol. The van der Waals surface area contributed by atoms with E-state index >= 15 is 0 Å². The van der Waals surface area contributed by atoms with Crippen LogP contribution < -0.4 is 5.32 Å². The number of benzene rings is 2. The Hall–Kier alpha value is -3.12. The Morgan fingerprint density at radius 2 is 1.75 bits per heavy atom. The summed E-state index contributed by atoms with van der Waals surface area (Å²) in [6.45, 7) is 7.93. The van der Waals surface area contributed by atoms with Gasteiger partial charge in [-0.25, -0.2) is 0 Å². The average molecular weight is 433 g/mol. The molecule has 2 amide bonds. The molecule has 3 aromatic rings. The van der Waals surface area contributed by atoms with E-state index < -0.39 is 0 Å². The number of fused-ring (bicyclic) bond motifs is 2. The van der Waals surface area contributed by atoms with Gasteiger partial charge in [0.1, 0.15) is 6.54 Å². The molecular weight excluding hydrogens is 400 g/mol. The molecule has 1 N–H and O–H groups in total. The molecule has 0 radical (unpaired) electrons. The molecule has 0 bridgehead atoms. The van der Waals surface area contributed by atoms with E-state index in [1.807, 2.05) is 43.4 Å². The monoisotopic (exact) mass is 432 g/mol. The van der Waals surface area contributed by atoms with Gasteiger partial charge in [-0.05, 0) is 43.8 Å². The van der Waals surface area contributed by atoms with Crippen LogP contribution in [0.1, 0.15) is 47.8 Å². The number of carbonyl (C=O) groups excluding carboxylic acids is 2. The van der Waals surface area contributed by atoms with Crippen LogP contribution in [-0.2, 0) is 11.8 Å². The fraction of sp³-hybridized carbons (Fsp3) is 0.385. The van der Waals surface area contributed by atoms with Crippen molar-refractivity contribution >= 4 is 22.7 Å². The topological polar surface area (TPSA) is 57.6 Å². The highest BCUT2D eigenvalue weighted by Crippen LogP contribution is 2.41. The second kappa shape index (κ2) is 9.57. The van der Waals surface area contributed by atoms with Crippen LogP contribution in [0.25, 0.3) is 10.9 Å². The van der Waals surface area contributed by atoms with Crippen molar-refractivity contribution in [1.29, 1.82) is 0 Å². The zero-order chi connectivity index (χ0) is 22.7. The highest BCUT2D eigenvalue weighted by atomic mass is 16.2. The third-order valence-electron chi connectivity index (χ3n) is 6.46. The lowest BCUT2D eigenvalue weighted by Crippen LogP contribution is -2.40. The number of hydrogen-bond donors (Lipinski definition) is 1. The minimum Gasteiger partial charge on any atom is -0.355 e. The Bertz CT molecular complexity index is 1120. The Morgan fingerprint density at radius 3 is 2.53 bits per heavy atom. The summed E-state index contributed by atoms with van der Waals surface area (Å²) in [5.74, 6) is -0.201. The molecule has 0 saturated carbocycles. The standard InChI is InChI=1S/C26H32N4O2/c1-4-29(5-2)16-10-15-27-24(31)18-30-25(20-12-6-7-13-21(20)26(30)32)22-17-28(3)23-14-9-8-11-19(22)23/h6-9,11-14,17,25H,4-5,10,15-16,18H2,1-3H3,(H,27,31)/t25-/m1/s1. The molecule has 1 aliphatic heterocycles. The van der Waals surface area contributed by atoms with E-state index in [0.29, 0.717) is 12.1 Å². The number of rotatable bonds is 9. The van der Waals surface area contributed by atoms with Crippen molar-refractivity contribution in [2.24, 2.45) is 7.05 Å². The van der Waals surface area contributed by atoms with Crippen LogP contribution in [0.2, 0.25) is 0 Å². The van der Waals surface area contributed by atoms with Gasteiger partial charge >= 0.3 is 0 Å². The number of carbonyl (C=O) groups is 2. The fourth-order valence-corrected chi connectivity index (χ4v) is 4.74. The van der Waals surface area contributed by atoms with Crippen LogP contribution >= 0.6 is 0 Å². The zero-order valence-corrected chi connectivity index (χ0v) is 19.2. The van der Waals surface area contributed by atoms with E-state index in [1.54, 1.807) is 4.90 Å². The number of aromatic nitrogens is 1. The second-order valence-corrected chi connectivity index (χ2v) is 8.37. The molecule has 4 rings (SSSR count). The van der Waals surface area contributed by atoms with E-state index in [4.69, 9.17) is 0 Å². The maximum Gasteiger partial charge on any atom is 0.255 e. The van der Waals surface area contributed by atoms with Gasteiger partial charge in [0.15, 0.2) is 0 Å². The summed E-state index contributed by atoms with van der Waals surface area (Å²) < 4.78 is 2.08. The van der Waals surface area contributed by atoms with Gasteiger partial charge < -0.3 is 19.7 Å². The van der Waals surface area contributed by atoms with Crippen molar-refractivity contribution in [1.82, 2.24) is 19.7 Å². The number of para-hydroxylation sites is 1. The first kappa shape index (κ1) is 22.1. The number of nitrogens with zero attached hydrogens (tertiary/aromatic N) is 3. The molecule has 2 heterocycles. The number of amides is 2. The Kier molecular flexibility index (Phi) is 6.61. The lowest BCUT2D eigenvalue weighted by Gasteiger charge is -2.25. The summed E-state index contributed by atoms with van der Waals surface area (Å²) >= 11 is 0. The van der Waals surface area contributed by atoms with E-state index in [9.17, 15) is 9.59 Å². The maximum atomic E-state index is 13.3. The second-order valence-electron chi connectivity index (χ2n) is 8.37. The van der Waals surface area contributed by atoms with E-state index in [0.717, 1.165) is 48.1 Å². The summed E-state index contributed by atoms with van der Waals surface area (Å²) in [5, 5.41) is 4.12. The molecule has 0 saturated heterocycles. The molecular formula is C26H32N4O2. The van der Waals surface area contributed by atoms with Gasteiger partial charge in [0.25, 0.3) is 5.91 Å². The Morgan fingerprint density at radius 1 is 1.03 bits per heavy atom. The van der Waals surface area contributed by atoms with E-state index in [-0.39, 0.29) is 24.4 Å². The molecule has 0 spiro atoms. The first-order valence-corrected chi connectivity index (χ1v) is 11.5. The van der Waals surface area contributed by atoms with Crippen molar-refractivity contribution in [2.45, 2.75) is 26.3 Å². The van der Waals surface area contributed by atoms with Gasteiger partial charge in [0.2, 0.25) is 5.91 Å². The molecule has 1 atom stereocenters. The third kappa shape index (κ3) is 4.15. The van der Waals surface area contributed by atoms with Crippen molar-refractivity contribution in [3.8, 4) is 0 Å². The summed E-state index contributed by atoms with van der Waals surface area (Å²) in [6, 6.07) is 15.6. The highest BCUT2D eigenvalue weighted by Gasteiger charge is 2.39.